The summed E-state index contributed by atoms with van der Waals surface area (Å²) in [6.07, 6.45) is 1.31. The summed E-state index contributed by atoms with van der Waals surface area (Å²) in [5, 5.41) is 23.7. The van der Waals surface area contributed by atoms with Crippen molar-refractivity contribution in [3.05, 3.63) is 68.2 Å². The van der Waals surface area contributed by atoms with Crippen LogP contribution in [0.3, 0.4) is 0 Å². The van der Waals surface area contributed by atoms with E-state index in [1.165, 1.54) is 12.1 Å². The average molecular weight is 385 g/mol. The van der Waals surface area contributed by atoms with Crippen molar-refractivity contribution in [1.82, 2.24) is 0 Å². The summed E-state index contributed by atoms with van der Waals surface area (Å²) < 4.78 is 0. The van der Waals surface area contributed by atoms with Crippen molar-refractivity contribution in [2.75, 3.05) is 24.3 Å². The Kier molecular flexibility index (Phi) is 6.16. The number of nitro benzene ring substituents is 1. The molecule has 138 valence electrons. The first kappa shape index (κ1) is 19.9. The van der Waals surface area contributed by atoms with E-state index in [1.807, 2.05) is 6.07 Å². The van der Waals surface area contributed by atoms with Gasteiger partial charge in [0.15, 0.2) is 0 Å². The second-order valence-electron chi connectivity index (χ2n) is 5.94. The van der Waals surface area contributed by atoms with Gasteiger partial charge in [0.1, 0.15) is 17.3 Å². The monoisotopic (exact) mass is 384 g/mol. The highest BCUT2D eigenvalue weighted by molar-refractivity contribution is 6.31. The van der Waals surface area contributed by atoms with Gasteiger partial charge in [0.25, 0.3) is 11.6 Å². The van der Waals surface area contributed by atoms with E-state index in [1.54, 1.807) is 56.3 Å². The number of anilines is 2. The molecule has 0 aromatic heterocycles. The zero-order valence-electron chi connectivity index (χ0n) is 15.0. The molecule has 0 aliphatic heterocycles. The summed E-state index contributed by atoms with van der Waals surface area (Å²) in [5.41, 5.74) is 1.67. The first-order chi connectivity index (χ1) is 12.7. The molecule has 0 saturated heterocycles. The number of nitriles is 1. The minimum Gasteiger partial charge on any atom is -0.372 e. The summed E-state index contributed by atoms with van der Waals surface area (Å²) in [7, 11) is 3.39. The topological polar surface area (TPSA) is 99.3 Å². The van der Waals surface area contributed by atoms with E-state index in [-0.39, 0.29) is 11.3 Å². The Labute approximate surface area is 161 Å². The van der Waals surface area contributed by atoms with Gasteiger partial charge in [-0.05, 0) is 42.3 Å². The van der Waals surface area contributed by atoms with Crippen LogP contribution >= 0.6 is 11.6 Å². The standard InChI is InChI=1S/C19H17ClN4O3/c1-12-15(20)5-4-6-16(12)22-19(25)14(11-21)9-13-7-8-17(23(2)3)18(10-13)24(26)27/h4-10H,1-3H3,(H,22,25)/b14-9+. The fourth-order valence-electron chi connectivity index (χ4n) is 2.40. The van der Waals surface area contributed by atoms with Crippen LogP contribution in [-0.4, -0.2) is 24.9 Å². The molecule has 7 nitrogen and oxygen atoms in total. The molecule has 8 heteroatoms. The third kappa shape index (κ3) is 4.63. The number of nitro groups is 1. The van der Waals surface area contributed by atoms with E-state index in [2.05, 4.69) is 5.32 Å². The van der Waals surface area contributed by atoms with Gasteiger partial charge in [-0.15, -0.1) is 0 Å². The second-order valence-corrected chi connectivity index (χ2v) is 6.34. The number of benzene rings is 2. The Hall–Kier alpha value is -3.37. The Balaban J connectivity index is 2.37. The van der Waals surface area contributed by atoms with Gasteiger partial charge in [-0.25, -0.2) is 0 Å². The highest BCUT2D eigenvalue weighted by Crippen LogP contribution is 2.29. The Morgan fingerprint density at radius 1 is 1.33 bits per heavy atom. The molecule has 0 atom stereocenters. The number of halogens is 1. The molecule has 27 heavy (non-hydrogen) atoms. The van der Waals surface area contributed by atoms with E-state index in [0.717, 1.165) is 0 Å². The van der Waals surface area contributed by atoms with E-state index >= 15 is 0 Å². The maximum Gasteiger partial charge on any atom is 0.293 e. The molecule has 1 N–H and O–H groups in total. The molecule has 0 spiro atoms. The SMILES string of the molecule is Cc1c(Cl)cccc1NC(=O)/C(C#N)=C/c1ccc(N(C)C)c([N+](=O)[O-])c1. The molecule has 0 fully saturated rings. The zero-order valence-corrected chi connectivity index (χ0v) is 15.7. The molecular weight excluding hydrogens is 368 g/mol. The van der Waals surface area contributed by atoms with Crippen LogP contribution in [0, 0.1) is 28.4 Å². The van der Waals surface area contributed by atoms with Crippen molar-refractivity contribution in [2.45, 2.75) is 6.92 Å². The minimum atomic E-state index is -0.623. The van der Waals surface area contributed by atoms with Gasteiger partial charge in [0.05, 0.1) is 4.92 Å². The lowest BCUT2D eigenvalue weighted by Crippen LogP contribution is -2.14. The van der Waals surface area contributed by atoms with Gasteiger partial charge in [0, 0.05) is 30.9 Å². The first-order valence-electron chi connectivity index (χ1n) is 7.88. The Morgan fingerprint density at radius 2 is 2.04 bits per heavy atom. The second kappa shape index (κ2) is 8.34. The smallest absolute Gasteiger partial charge is 0.293 e. The van der Waals surface area contributed by atoms with E-state index < -0.39 is 10.8 Å². The number of hydrogen-bond acceptors (Lipinski definition) is 5. The van der Waals surface area contributed by atoms with Crippen LogP contribution in [-0.2, 0) is 4.79 Å². The highest BCUT2D eigenvalue weighted by Gasteiger charge is 2.17. The molecule has 0 aliphatic carbocycles. The van der Waals surface area contributed by atoms with Crippen LogP contribution < -0.4 is 10.2 Å². The summed E-state index contributed by atoms with van der Waals surface area (Å²) in [6.45, 7) is 1.75. The molecule has 0 bridgehead atoms. The predicted molar refractivity (Wildman–Crippen MR) is 106 cm³/mol. The number of rotatable bonds is 5. The highest BCUT2D eigenvalue weighted by atomic mass is 35.5. The number of carbonyl (C=O) groups excluding carboxylic acids is 1. The molecule has 0 radical (unpaired) electrons. The van der Waals surface area contributed by atoms with Crippen molar-refractivity contribution >= 4 is 40.6 Å². The molecule has 0 aliphatic rings. The van der Waals surface area contributed by atoms with Crippen molar-refractivity contribution in [2.24, 2.45) is 0 Å². The molecule has 2 rings (SSSR count). The summed E-state index contributed by atoms with van der Waals surface area (Å²) >= 11 is 6.03. The molecule has 0 unspecified atom stereocenters. The van der Waals surface area contributed by atoms with Crippen LogP contribution in [0.4, 0.5) is 17.1 Å². The predicted octanol–water partition coefficient (Wildman–Crippen LogP) is 4.17. The van der Waals surface area contributed by atoms with E-state index in [9.17, 15) is 20.2 Å². The summed E-state index contributed by atoms with van der Waals surface area (Å²) in [5.74, 6) is -0.623. The molecule has 0 saturated carbocycles. The summed E-state index contributed by atoms with van der Waals surface area (Å²) in [6, 6.07) is 11.4. The lowest BCUT2D eigenvalue weighted by molar-refractivity contribution is -0.384. The van der Waals surface area contributed by atoms with Gasteiger partial charge in [0.2, 0.25) is 0 Å². The van der Waals surface area contributed by atoms with Crippen LogP contribution in [0.2, 0.25) is 5.02 Å². The molecule has 2 aromatic rings. The third-order valence-corrected chi connectivity index (χ3v) is 4.28. The molecule has 0 heterocycles. The van der Waals surface area contributed by atoms with Gasteiger partial charge < -0.3 is 10.2 Å². The normalized spacial score (nSPS) is 10.9. The largest absolute Gasteiger partial charge is 0.372 e. The van der Waals surface area contributed by atoms with Crippen molar-refractivity contribution in [3.63, 3.8) is 0 Å². The number of amides is 1. The Bertz CT molecular complexity index is 977. The third-order valence-electron chi connectivity index (χ3n) is 3.87. The van der Waals surface area contributed by atoms with Gasteiger partial charge >= 0.3 is 0 Å². The number of nitrogens with zero attached hydrogens (tertiary/aromatic N) is 3. The van der Waals surface area contributed by atoms with E-state index in [4.69, 9.17) is 11.6 Å². The quantitative estimate of drug-likeness (QED) is 0.361. The maximum atomic E-state index is 12.4. The average Bonchev–Trinajstić information content (AvgIpc) is 2.63. The van der Waals surface area contributed by atoms with Crippen LogP contribution in [0.1, 0.15) is 11.1 Å². The van der Waals surface area contributed by atoms with Gasteiger partial charge in [-0.3, -0.25) is 14.9 Å². The zero-order chi connectivity index (χ0) is 20.1. The van der Waals surface area contributed by atoms with Crippen molar-refractivity contribution in [1.29, 1.82) is 5.26 Å². The molecule has 1 amide bonds. The van der Waals surface area contributed by atoms with Gasteiger partial charge in [-0.1, -0.05) is 23.7 Å². The summed E-state index contributed by atoms with van der Waals surface area (Å²) in [4.78, 5) is 24.8. The lowest BCUT2D eigenvalue weighted by atomic mass is 10.1. The van der Waals surface area contributed by atoms with Crippen LogP contribution in [0.15, 0.2) is 42.0 Å². The number of hydrogen-bond donors (Lipinski definition) is 1. The van der Waals surface area contributed by atoms with E-state index in [0.29, 0.717) is 27.5 Å². The Morgan fingerprint density at radius 3 is 2.63 bits per heavy atom. The first-order valence-corrected chi connectivity index (χ1v) is 8.26. The van der Waals surface area contributed by atoms with Crippen molar-refractivity contribution in [3.8, 4) is 6.07 Å². The number of nitrogens with one attached hydrogen (secondary N) is 1. The van der Waals surface area contributed by atoms with Gasteiger partial charge in [-0.2, -0.15) is 5.26 Å². The maximum absolute atomic E-state index is 12.4. The minimum absolute atomic E-state index is 0.114. The lowest BCUT2D eigenvalue weighted by Gasteiger charge is -2.13. The number of carbonyl (C=O) groups is 1. The van der Waals surface area contributed by atoms with Crippen LogP contribution in [0.5, 0.6) is 0 Å². The fourth-order valence-corrected chi connectivity index (χ4v) is 2.58. The van der Waals surface area contributed by atoms with Crippen molar-refractivity contribution < 1.29 is 9.72 Å². The molecular formula is C19H17ClN4O3. The molecule has 2 aromatic carbocycles. The van der Waals surface area contributed by atoms with Crippen LogP contribution in [0.25, 0.3) is 6.08 Å². The fraction of sp³-hybridized carbons (Fsp3) is 0.158.